The third-order valence-corrected chi connectivity index (χ3v) is 4.94. The van der Waals surface area contributed by atoms with E-state index < -0.39 is 0 Å². The van der Waals surface area contributed by atoms with Crippen LogP contribution in [0.25, 0.3) is 6.08 Å². The molecule has 2 atom stereocenters. The average molecular weight is 369 g/mol. The minimum atomic E-state index is -0.313. The Morgan fingerprint density at radius 2 is 1.85 bits per heavy atom. The van der Waals surface area contributed by atoms with Gasteiger partial charge < -0.3 is 10.2 Å². The van der Waals surface area contributed by atoms with E-state index in [1.54, 1.807) is 17.2 Å². The summed E-state index contributed by atoms with van der Waals surface area (Å²) >= 11 is 6.21. The van der Waals surface area contributed by atoms with Gasteiger partial charge >= 0.3 is 0 Å². The summed E-state index contributed by atoms with van der Waals surface area (Å²) in [7, 11) is 0. The van der Waals surface area contributed by atoms with E-state index in [9.17, 15) is 9.59 Å². The van der Waals surface area contributed by atoms with E-state index in [4.69, 9.17) is 11.6 Å². The fourth-order valence-electron chi connectivity index (χ4n) is 3.29. The van der Waals surface area contributed by atoms with Crippen LogP contribution in [0.1, 0.15) is 49.0 Å². The van der Waals surface area contributed by atoms with Crippen LogP contribution in [0.2, 0.25) is 5.02 Å². The van der Waals surface area contributed by atoms with E-state index in [0.29, 0.717) is 5.02 Å². The zero-order valence-electron chi connectivity index (χ0n) is 14.8. The Hall–Kier alpha value is -2.59. The highest BCUT2D eigenvalue weighted by Crippen LogP contribution is 2.33. The molecule has 1 aliphatic rings. The molecular formula is C21H21ClN2O2. The lowest BCUT2D eigenvalue weighted by atomic mass is 9.93. The minimum absolute atomic E-state index is 0.0901. The topological polar surface area (TPSA) is 49.4 Å². The lowest BCUT2D eigenvalue weighted by Crippen LogP contribution is -2.36. The van der Waals surface area contributed by atoms with Gasteiger partial charge in [-0.25, -0.2) is 0 Å². The monoisotopic (exact) mass is 368 g/mol. The number of rotatable bonds is 4. The molecule has 3 rings (SSSR count). The van der Waals surface area contributed by atoms with Crippen LogP contribution in [0.4, 0.5) is 0 Å². The largest absolute Gasteiger partial charge is 0.349 e. The van der Waals surface area contributed by atoms with E-state index in [0.717, 1.165) is 16.7 Å². The van der Waals surface area contributed by atoms with Crippen molar-refractivity contribution in [3.8, 4) is 0 Å². The maximum atomic E-state index is 12.7. The molecule has 26 heavy (non-hydrogen) atoms. The summed E-state index contributed by atoms with van der Waals surface area (Å²) in [6.07, 6.45) is 3.84. The predicted octanol–water partition coefficient (Wildman–Crippen LogP) is 4.48. The van der Waals surface area contributed by atoms with Crippen LogP contribution in [0.15, 0.2) is 54.7 Å². The average Bonchev–Trinajstić information content (AvgIpc) is 2.62. The Morgan fingerprint density at radius 3 is 2.58 bits per heavy atom. The van der Waals surface area contributed by atoms with Crippen molar-refractivity contribution in [1.82, 2.24) is 10.2 Å². The first-order chi connectivity index (χ1) is 12.5. The number of halogens is 1. The third-order valence-electron chi connectivity index (χ3n) is 4.60. The highest BCUT2D eigenvalue weighted by atomic mass is 35.5. The zero-order valence-corrected chi connectivity index (χ0v) is 15.5. The van der Waals surface area contributed by atoms with Gasteiger partial charge in [0.1, 0.15) is 0 Å². The van der Waals surface area contributed by atoms with Crippen molar-refractivity contribution in [2.45, 2.75) is 32.4 Å². The summed E-state index contributed by atoms with van der Waals surface area (Å²) in [5.41, 5.74) is 2.88. The van der Waals surface area contributed by atoms with Crippen molar-refractivity contribution >= 4 is 29.5 Å². The Labute approximate surface area is 158 Å². The number of nitrogens with one attached hydrogen (secondary N) is 1. The standard InChI is InChI=1S/C21H21ClN2O2/c1-14(17-8-5-6-10-19(17)22)23-21(26)13-20-18-9-4-3-7-16(18)11-12-24(20)15(2)25/h3-12,14,20H,13H2,1-2H3,(H,23,26). The van der Waals surface area contributed by atoms with Crippen LogP contribution in [-0.4, -0.2) is 16.7 Å². The van der Waals surface area contributed by atoms with E-state index in [1.807, 2.05) is 55.5 Å². The molecule has 2 aromatic carbocycles. The Morgan fingerprint density at radius 1 is 1.15 bits per heavy atom. The van der Waals surface area contributed by atoms with E-state index in [2.05, 4.69) is 5.32 Å². The molecule has 2 unspecified atom stereocenters. The number of carbonyl (C=O) groups is 2. The third kappa shape index (κ3) is 3.81. The van der Waals surface area contributed by atoms with Gasteiger partial charge in [-0.05, 0) is 35.8 Å². The first kappa shape index (κ1) is 18.2. The van der Waals surface area contributed by atoms with Crippen molar-refractivity contribution in [2.75, 3.05) is 0 Å². The fourth-order valence-corrected chi connectivity index (χ4v) is 3.59. The molecule has 1 aliphatic heterocycles. The molecular weight excluding hydrogens is 348 g/mol. The Balaban J connectivity index is 1.77. The van der Waals surface area contributed by atoms with E-state index in [-0.39, 0.29) is 30.3 Å². The van der Waals surface area contributed by atoms with Crippen molar-refractivity contribution in [3.05, 3.63) is 76.4 Å². The molecule has 5 heteroatoms. The highest BCUT2D eigenvalue weighted by Gasteiger charge is 2.28. The molecule has 4 nitrogen and oxygen atoms in total. The molecule has 0 spiro atoms. The SMILES string of the molecule is CC(=O)N1C=Cc2ccccc2C1CC(=O)NC(C)c1ccccc1Cl. The second-order valence-corrected chi connectivity index (χ2v) is 6.81. The summed E-state index contributed by atoms with van der Waals surface area (Å²) < 4.78 is 0. The molecule has 134 valence electrons. The van der Waals surface area contributed by atoms with Crippen molar-refractivity contribution in [3.63, 3.8) is 0 Å². The van der Waals surface area contributed by atoms with Crippen molar-refractivity contribution in [1.29, 1.82) is 0 Å². The second kappa shape index (κ2) is 7.75. The van der Waals surface area contributed by atoms with Crippen LogP contribution in [0.3, 0.4) is 0 Å². The van der Waals surface area contributed by atoms with Gasteiger partial charge in [-0.1, -0.05) is 54.1 Å². The van der Waals surface area contributed by atoms with Gasteiger partial charge in [-0.3, -0.25) is 9.59 Å². The molecule has 0 saturated heterocycles. The zero-order chi connectivity index (χ0) is 18.7. The van der Waals surface area contributed by atoms with Crippen LogP contribution in [0, 0.1) is 0 Å². The predicted molar refractivity (Wildman–Crippen MR) is 103 cm³/mol. The van der Waals surface area contributed by atoms with Crippen molar-refractivity contribution < 1.29 is 9.59 Å². The van der Waals surface area contributed by atoms with Crippen LogP contribution >= 0.6 is 11.6 Å². The van der Waals surface area contributed by atoms with E-state index in [1.165, 1.54) is 6.92 Å². The van der Waals surface area contributed by atoms with Gasteiger partial charge in [-0.15, -0.1) is 0 Å². The molecule has 2 amide bonds. The fraction of sp³-hybridized carbons (Fsp3) is 0.238. The quantitative estimate of drug-likeness (QED) is 0.864. The lowest BCUT2D eigenvalue weighted by molar-refractivity contribution is -0.130. The molecule has 0 radical (unpaired) electrons. The number of fused-ring (bicyclic) bond motifs is 1. The summed E-state index contributed by atoms with van der Waals surface area (Å²) in [6, 6.07) is 14.7. The Kier molecular flexibility index (Phi) is 5.43. The highest BCUT2D eigenvalue weighted by molar-refractivity contribution is 6.31. The van der Waals surface area contributed by atoms with Gasteiger partial charge in [0.2, 0.25) is 11.8 Å². The molecule has 0 saturated carbocycles. The smallest absolute Gasteiger partial charge is 0.223 e. The second-order valence-electron chi connectivity index (χ2n) is 6.40. The molecule has 1 heterocycles. The molecule has 2 aromatic rings. The first-order valence-corrected chi connectivity index (χ1v) is 8.95. The summed E-state index contributed by atoms with van der Waals surface area (Å²) in [5, 5.41) is 3.61. The molecule has 1 N–H and O–H groups in total. The minimum Gasteiger partial charge on any atom is -0.349 e. The number of nitrogens with zero attached hydrogens (tertiary/aromatic N) is 1. The lowest BCUT2D eigenvalue weighted by Gasteiger charge is -2.32. The maximum Gasteiger partial charge on any atom is 0.223 e. The first-order valence-electron chi connectivity index (χ1n) is 8.57. The van der Waals surface area contributed by atoms with E-state index >= 15 is 0 Å². The van der Waals surface area contributed by atoms with Gasteiger partial charge in [0, 0.05) is 18.1 Å². The van der Waals surface area contributed by atoms with Gasteiger partial charge in [0.25, 0.3) is 0 Å². The van der Waals surface area contributed by atoms with Gasteiger partial charge in [-0.2, -0.15) is 0 Å². The van der Waals surface area contributed by atoms with Crippen molar-refractivity contribution in [2.24, 2.45) is 0 Å². The molecule has 0 aliphatic carbocycles. The number of hydrogen-bond acceptors (Lipinski definition) is 2. The maximum absolute atomic E-state index is 12.7. The van der Waals surface area contributed by atoms with Gasteiger partial charge in [0.15, 0.2) is 0 Å². The molecule has 0 bridgehead atoms. The summed E-state index contributed by atoms with van der Waals surface area (Å²) in [5.74, 6) is -0.216. The number of benzene rings is 2. The number of amides is 2. The summed E-state index contributed by atoms with van der Waals surface area (Å²) in [6.45, 7) is 3.41. The molecule has 0 aromatic heterocycles. The molecule has 0 fully saturated rings. The number of carbonyl (C=O) groups excluding carboxylic acids is 2. The van der Waals surface area contributed by atoms with Crippen LogP contribution < -0.4 is 5.32 Å². The van der Waals surface area contributed by atoms with Gasteiger partial charge in [0.05, 0.1) is 18.5 Å². The summed E-state index contributed by atoms with van der Waals surface area (Å²) in [4.78, 5) is 26.3. The normalized spacial score (nSPS) is 16.7. The van der Waals surface area contributed by atoms with Crippen LogP contribution in [0.5, 0.6) is 0 Å². The number of hydrogen-bond donors (Lipinski definition) is 1. The van der Waals surface area contributed by atoms with Crippen LogP contribution in [-0.2, 0) is 9.59 Å². The Bertz CT molecular complexity index is 863.